The van der Waals surface area contributed by atoms with Gasteiger partial charge in [-0.15, -0.1) is 11.3 Å². The Bertz CT molecular complexity index is 933. The lowest BCUT2D eigenvalue weighted by Crippen LogP contribution is -2.31. The molecule has 1 aliphatic carbocycles. The van der Waals surface area contributed by atoms with Gasteiger partial charge in [-0.05, 0) is 30.9 Å². The van der Waals surface area contributed by atoms with E-state index in [9.17, 15) is 9.18 Å². The highest BCUT2D eigenvalue weighted by Crippen LogP contribution is 2.41. The van der Waals surface area contributed by atoms with Crippen LogP contribution >= 0.6 is 22.9 Å². The topological polar surface area (TPSA) is 59.8 Å². The second-order valence-electron chi connectivity index (χ2n) is 5.89. The molecule has 24 heavy (non-hydrogen) atoms. The van der Waals surface area contributed by atoms with Crippen LogP contribution in [0.3, 0.4) is 0 Å². The van der Waals surface area contributed by atoms with Crippen molar-refractivity contribution < 1.29 is 9.18 Å². The molecule has 3 aromatic rings. The zero-order valence-corrected chi connectivity index (χ0v) is 14.4. The third kappa shape index (κ3) is 2.57. The molecule has 0 aliphatic heterocycles. The number of aryl methyl sites for hydroxylation is 1. The summed E-state index contributed by atoms with van der Waals surface area (Å²) in [5.41, 5.74) is 0. The third-order valence-corrected chi connectivity index (χ3v) is 5.86. The summed E-state index contributed by atoms with van der Waals surface area (Å²) in [6.07, 6.45) is 3.54. The van der Waals surface area contributed by atoms with Gasteiger partial charge in [0.1, 0.15) is 22.8 Å². The van der Waals surface area contributed by atoms with Crippen molar-refractivity contribution in [3.63, 3.8) is 0 Å². The van der Waals surface area contributed by atoms with E-state index in [4.69, 9.17) is 11.6 Å². The maximum absolute atomic E-state index is 14.0. The molecule has 1 saturated carbocycles. The molecular weight excluding hydrogens is 351 g/mol. The van der Waals surface area contributed by atoms with Crippen LogP contribution in [-0.4, -0.2) is 20.7 Å². The van der Waals surface area contributed by atoms with Crippen molar-refractivity contribution in [1.82, 2.24) is 20.1 Å². The molecule has 2 aromatic heterocycles. The highest BCUT2D eigenvalue weighted by atomic mass is 35.5. The zero-order valence-electron chi connectivity index (χ0n) is 12.8. The molecular formula is C16H14ClFN4OS. The molecule has 1 unspecified atom stereocenters. The number of carbonyl (C=O) groups is 1. The first kappa shape index (κ1) is 15.5. The fraction of sp³-hybridized carbons (Fsp3) is 0.312. The van der Waals surface area contributed by atoms with Gasteiger partial charge < -0.3 is 5.32 Å². The lowest BCUT2D eigenvalue weighted by atomic mass is 10.1. The van der Waals surface area contributed by atoms with Gasteiger partial charge >= 0.3 is 0 Å². The number of rotatable bonds is 4. The van der Waals surface area contributed by atoms with Crippen molar-refractivity contribution in [3.05, 3.63) is 46.1 Å². The normalized spacial score (nSPS) is 15.6. The SMILES string of the molecule is Cn1ncnc1C(NC(=O)c1sc2cccc(F)c2c1Cl)C1CC1. The Kier molecular flexibility index (Phi) is 3.77. The Hall–Kier alpha value is -1.99. The molecule has 0 radical (unpaired) electrons. The molecule has 8 heteroatoms. The number of nitrogens with zero attached hydrogens (tertiary/aromatic N) is 3. The van der Waals surface area contributed by atoms with E-state index >= 15 is 0 Å². The van der Waals surface area contributed by atoms with Crippen LogP contribution in [-0.2, 0) is 7.05 Å². The molecule has 1 N–H and O–H groups in total. The number of nitrogens with one attached hydrogen (secondary N) is 1. The van der Waals surface area contributed by atoms with Crippen molar-refractivity contribution in [3.8, 4) is 0 Å². The fourth-order valence-corrected chi connectivity index (χ4v) is 4.29. The summed E-state index contributed by atoms with van der Waals surface area (Å²) in [4.78, 5) is 17.3. The Morgan fingerprint density at radius 3 is 2.92 bits per heavy atom. The molecule has 1 aromatic carbocycles. The largest absolute Gasteiger partial charge is 0.341 e. The predicted molar refractivity (Wildman–Crippen MR) is 90.7 cm³/mol. The predicted octanol–water partition coefficient (Wildman–Crippen LogP) is 3.70. The van der Waals surface area contributed by atoms with E-state index in [1.165, 1.54) is 23.7 Å². The Labute approximate surface area is 146 Å². The fourth-order valence-electron chi connectivity index (χ4n) is 2.83. The van der Waals surface area contributed by atoms with Crippen molar-refractivity contribution >= 4 is 38.9 Å². The number of benzene rings is 1. The summed E-state index contributed by atoms with van der Waals surface area (Å²) < 4.78 is 16.3. The van der Waals surface area contributed by atoms with Crippen LogP contribution in [0.15, 0.2) is 24.5 Å². The van der Waals surface area contributed by atoms with Gasteiger partial charge in [-0.3, -0.25) is 9.48 Å². The summed E-state index contributed by atoms with van der Waals surface area (Å²) in [5.74, 6) is 0.344. The third-order valence-electron chi connectivity index (χ3n) is 4.22. The van der Waals surface area contributed by atoms with Gasteiger partial charge in [0.2, 0.25) is 0 Å². The van der Waals surface area contributed by atoms with Crippen LogP contribution in [0.2, 0.25) is 5.02 Å². The number of thiophene rings is 1. The molecule has 0 saturated heterocycles. The molecule has 2 heterocycles. The molecule has 5 nitrogen and oxygen atoms in total. The van der Waals surface area contributed by atoms with E-state index in [0.717, 1.165) is 12.8 Å². The highest BCUT2D eigenvalue weighted by Gasteiger charge is 2.36. The van der Waals surface area contributed by atoms with E-state index in [-0.39, 0.29) is 17.0 Å². The average molecular weight is 365 g/mol. The summed E-state index contributed by atoms with van der Waals surface area (Å²) in [6, 6.07) is 4.50. The van der Waals surface area contributed by atoms with E-state index in [1.807, 2.05) is 0 Å². The zero-order chi connectivity index (χ0) is 16.8. The van der Waals surface area contributed by atoms with Crippen LogP contribution in [0.5, 0.6) is 0 Å². The average Bonchev–Trinajstić information content (AvgIpc) is 3.22. The Morgan fingerprint density at radius 1 is 1.50 bits per heavy atom. The van der Waals surface area contributed by atoms with Crippen LogP contribution in [0, 0.1) is 11.7 Å². The minimum absolute atomic E-state index is 0.165. The summed E-state index contributed by atoms with van der Waals surface area (Å²) >= 11 is 7.46. The first-order chi connectivity index (χ1) is 11.6. The standard InChI is InChI=1S/C16H14ClFN4OS/c1-22-15(19-7-20-22)13(8-5-6-8)21-16(23)14-12(17)11-9(18)3-2-4-10(11)24-14/h2-4,7-8,13H,5-6H2,1H3,(H,21,23). The molecule has 1 fully saturated rings. The molecule has 0 spiro atoms. The highest BCUT2D eigenvalue weighted by molar-refractivity contribution is 7.21. The van der Waals surface area contributed by atoms with E-state index < -0.39 is 5.82 Å². The number of hydrogen-bond donors (Lipinski definition) is 1. The molecule has 1 amide bonds. The number of aromatic nitrogens is 3. The van der Waals surface area contributed by atoms with E-state index in [2.05, 4.69) is 15.4 Å². The number of carbonyl (C=O) groups excluding carboxylic acids is 1. The van der Waals surface area contributed by atoms with Crippen LogP contribution in [0.4, 0.5) is 4.39 Å². The minimum atomic E-state index is -0.417. The van der Waals surface area contributed by atoms with Crippen molar-refractivity contribution in [1.29, 1.82) is 0 Å². The lowest BCUT2D eigenvalue weighted by Gasteiger charge is -2.17. The van der Waals surface area contributed by atoms with E-state index in [0.29, 0.717) is 26.7 Å². The molecule has 0 bridgehead atoms. The van der Waals surface area contributed by atoms with E-state index in [1.54, 1.807) is 23.9 Å². The van der Waals surface area contributed by atoms with Crippen LogP contribution in [0.1, 0.15) is 34.4 Å². The quantitative estimate of drug-likeness (QED) is 0.767. The number of halogens is 2. The summed E-state index contributed by atoms with van der Waals surface area (Å²) in [5, 5.41) is 7.54. The lowest BCUT2D eigenvalue weighted by molar-refractivity contribution is 0.0933. The van der Waals surface area contributed by atoms with Gasteiger partial charge in [0.25, 0.3) is 5.91 Å². The van der Waals surface area contributed by atoms with Gasteiger partial charge in [-0.2, -0.15) is 5.10 Å². The van der Waals surface area contributed by atoms with Gasteiger partial charge in [-0.1, -0.05) is 17.7 Å². The maximum Gasteiger partial charge on any atom is 0.263 e. The van der Waals surface area contributed by atoms with Gasteiger partial charge in [-0.25, -0.2) is 9.37 Å². The minimum Gasteiger partial charge on any atom is -0.341 e. The van der Waals surface area contributed by atoms with Crippen LogP contribution in [0.25, 0.3) is 10.1 Å². The van der Waals surface area contributed by atoms with Crippen LogP contribution < -0.4 is 5.32 Å². The van der Waals surface area contributed by atoms with Crippen molar-refractivity contribution in [2.45, 2.75) is 18.9 Å². The first-order valence-electron chi connectivity index (χ1n) is 7.57. The number of hydrogen-bond acceptors (Lipinski definition) is 4. The Morgan fingerprint density at radius 2 is 2.29 bits per heavy atom. The molecule has 124 valence electrons. The molecule has 4 rings (SSSR count). The van der Waals surface area contributed by atoms with Crippen molar-refractivity contribution in [2.75, 3.05) is 0 Å². The van der Waals surface area contributed by atoms with Gasteiger partial charge in [0, 0.05) is 17.1 Å². The number of amides is 1. The number of fused-ring (bicyclic) bond motifs is 1. The monoisotopic (exact) mass is 364 g/mol. The maximum atomic E-state index is 14.0. The Balaban J connectivity index is 1.67. The summed E-state index contributed by atoms with van der Waals surface area (Å²) in [7, 11) is 1.80. The molecule has 1 atom stereocenters. The smallest absolute Gasteiger partial charge is 0.263 e. The van der Waals surface area contributed by atoms with Crippen molar-refractivity contribution in [2.24, 2.45) is 13.0 Å². The second-order valence-corrected chi connectivity index (χ2v) is 7.32. The summed E-state index contributed by atoms with van der Waals surface area (Å²) in [6.45, 7) is 0. The molecule has 1 aliphatic rings. The van der Waals surface area contributed by atoms with Gasteiger partial charge in [0.15, 0.2) is 0 Å². The second kappa shape index (κ2) is 5.82. The first-order valence-corrected chi connectivity index (χ1v) is 8.77. The van der Waals surface area contributed by atoms with Gasteiger partial charge in [0.05, 0.1) is 11.1 Å².